The van der Waals surface area contributed by atoms with Crippen molar-refractivity contribution in [3.8, 4) is 0 Å². The Hall–Kier alpha value is -0.290. The molecule has 0 saturated heterocycles. The van der Waals surface area contributed by atoms with Crippen molar-refractivity contribution in [2.45, 2.75) is 30.7 Å². The Labute approximate surface area is 72.6 Å². The molecule has 0 aromatic carbocycles. The number of rotatable bonds is 2. The maximum absolute atomic E-state index is 13.2. The zero-order valence-electron chi connectivity index (χ0n) is 6.48. The lowest BCUT2D eigenvalue weighted by atomic mass is 9.88. The third-order valence-electron chi connectivity index (χ3n) is 2.22. The van der Waals surface area contributed by atoms with Gasteiger partial charge in [0.25, 0.3) is 0 Å². The molecular formula is C7H11FO3S. The molecule has 0 heterocycles. The minimum atomic E-state index is -2.14. The van der Waals surface area contributed by atoms with Gasteiger partial charge in [0.05, 0.1) is 5.25 Å². The van der Waals surface area contributed by atoms with Crippen molar-refractivity contribution in [1.82, 2.24) is 0 Å². The van der Waals surface area contributed by atoms with E-state index in [9.17, 15) is 13.4 Å². The van der Waals surface area contributed by atoms with E-state index >= 15 is 0 Å². The van der Waals surface area contributed by atoms with Crippen LogP contribution in [-0.2, 0) is 15.9 Å². The maximum atomic E-state index is 13.2. The molecule has 0 radical (unpaired) electrons. The van der Waals surface area contributed by atoms with Crippen molar-refractivity contribution in [2.24, 2.45) is 5.92 Å². The van der Waals surface area contributed by atoms with Crippen LogP contribution in [-0.4, -0.2) is 26.5 Å². The molecule has 0 amide bonds. The van der Waals surface area contributed by atoms with Crippen LogP contribution in [0, 0.1) is 5.92 Å². The van der Waals surface area contributed by atoms with Crippen LogP contribution in [0.3, 0.4) is 0 Å². The van der Waals surface area contributed by atoms with E-state index in [1.54, 1.807) is 0 Å². The average Bonchev–Trinajstić information content (AvgIpc) is 2.04. The summed E-state index contributed by atoms with van der Waals surface area (Å²) in [5.41, 5.74) is 0. The molecule has 70 valence electrons. The van der Waals surface area contributed by atoms with Gasteiger partial charge < -0.3 is 9.35 Å². The summed E-state index contributed by atoms with van der Waals surface area (Å²) in [6.45, 7) is 0. The number of hydrogen-bond donors (Lipinski definition) is 1. The molecule has 1 N–H and O–H groups in total. The molecule has 0 aromatic heterocycles. The smallest absolute Gasteiger partial charge is 0.158 e. The molecule has 1 aliphatic carbocycles. The molecule has 1 aliphatic rings. The van der Waals surface area contributed by atoms with Gasteiger partial charge in [-0.1, -0.05) is 6.42 Å². The van der Waals surface area contributed by atoms with Crippen molar-refractivity contribution in [2.75, 3.05) is 0 Å². The highest BCUT2D eigenvalue weighted by molar-refractivity contribution is 7.79. The fraction of sp³-hybridized carbons (Fsp3) is 0.857. The molecule has 3 nitrogen and oxygen atoms in total. The third-order valence-corrected chi connectivity index (χ3v) is 3.24. The maximum Gasteiger partial charge on any atom is 0.158 e. The van der Waals surface area contributed by atoms with E-state index in [1.807, 2.05) is 0 Å². The molecule has 4 unspecified atom stereocenters. The van der Waals surface area contributed by atoms with Crippen molar-refractivity contribution in [3.05, 3.63) is 0 Å². The van der Waals surface area contributed by atoms with Gasteiger partial charge in [0.15, 0.2) is 11.1 Å². The molecule has 4 atom stereocenters. The van der Waals surface area contributed by atoms with E-state index in [-0.39, 0.29) is 0 Å². The molecule has 0 spiro atoms. The third kappa shape index (κ3) is 1.90. The molecule has 1 fully saturated rings. The van der Waals surface area contributed by atoms with Crippen molar-refractivity contribution < 1.29 is 17.9 Å². The second-order valence-electron chi connectivity index (χ2n) is 2.99. The van der Waals surface area contributed by atoms with Crippen LogP contribution in [0.25, 0.3) is 0 Å². The van der Waals surface area contributed by atoms with E-state index in [0.717, 1.165) is 0 Å². The first-order valence-corrected chi connectivity index (χ1v) is 5.03. The van der Waals surface area contributed by atoms with E-state index in [2.05, 4.69) is 0 Å². The average molecular weight is 194 g/mol. The Morgan fingerprint density at radius 2 is 2.17 bits per heavy atom. The molecule has 1 saturated carbocycles. The summed E-state index contributed by atoms with van der Waals surface area (Å²) in [5.74, 6) is -0.681. The van der Waals surface area contributed by atoms with E-state index in [1.165, 1.54) is 0 Å². The largest absolute Gasteiger partial charge is 0.306 e. The molecule has 0 aromatic rings. The minimum Gasteiger partial charge on any atom is -0.306 e. The zero-order valence-corrected chi connectivity index (χ0v) is 7.30. The second kappa shape index (κ2) is 4.09. The van der Waals surface area contributed by atoms with Crippen molar-refractivity contribution >= 4 is 17.4 Å². The molecule has 1 rings (SSSR count). The number of carbonyl (C=O) groups is 1. The van der Waals surface area contributed by atoms with Gasteiger partial charge in [-0.2, -0.15) is 0 Å². The Balaban J connectivity index is 2.65. The van der Waals surface area contributed by atoms with Crippen LogP contribution in [0.2, 0.25) is 0 Å². The van der Waals surface area contributed by atoms with E-state index in [0.29, 0.717) is 25.5 Å². The molecule has 0 aliphatic heterocycles. The predicted octanol–water partition coefficient (Wildman–Crippen LogP) is 0.914. The first kappa shape index (κ1) is 9.80. The van der Waals surface area contributed by atoms with Crippen molar-refractivity contribution in [3.63, 3.8) is 0 Å². The highest BCUT2D eigenvalue weighted by Gasteiger charge is 2.36. The summed E-state index contributed by atoms with van der Waals surface area (Å²) in [4.78, 5) is 10.3. The van der Waals surface area contributed by atoms with Crippen LogP contribution in [0.5, 0.6) is 0 Å². The number of alkyl halides is 1. The lowest BCUT2D eigenvalue weighted by Crippen LogP contribution is -2.37. The van der Waals surface area contributed by atoms with Gasteiger partial charge in [-0.05, 0) is 12.8 Å². The summed E-state index contributed by atoms with van der Waals surface area (Å²) >= 11 is -2.14. The molecule has 5 heteroatoms. The fourth-order valence-corrected chi connectivity index (χ4v) is 2.30. The number of hydrogen-bond acceptors (Lipinski definition) is 2. The SMILES string of the molecule is O=CC1CCCC(S(=O)O)C1F. The van der Waals surface area contributed by atoms with Crippen LogP contribution >= 0.6 is 0 Å². The summed E-state index contributed by atoms with van der Waals surface area (Å²) in [6, 6.07) is 0. The molecule has 12 heavy (non-hydrogen) atoms. The van der Waals surface area contributed by atoms with Crippen LogP contribution in [0.15, 0.2) is 0 Å². The first-order chi connectivity index (χ1) is 5.66. The van der Waals surface area contributed by atoms with Gasteiger partial charge >= 0.3 is 0 Å². The Bertz CT molecular complexity index is 197. The van der Waals surface area contributed by atoms with Crippen molar-refractivity contribution in [1.29, 1.82) is 0 Å². The Morgan fingerprint density at radius 3 is 2.67 bits per heavy atom. The molecule has 0 bridgehead atoms. The summed E-state index contributed by atoms with van der Waals surface area (Å²) in [5, 5.41) is -0.867. The summed E-state index contributed by atoms with van der Waals surface area (Å²) in [7, 11) is 0. The fourth-order valence-electron chi connectivity index (χ4n) is 1.50. The summed E-state index contributed by atoms with van der Waals surface area (Å²) in [6.07, 6.45) is 0.652. The van der Waals surface area contributed by atoms with Crippen LogP contribution < -0.4 is 0 Å². The van der Waals surface area contributed by atoms with Gasteiger partial charge in [-0.3, -0.25) is 0 Å². The topological polar surface area (TPSA) is 54.4 Å². The monoisotopic (exact) mass is 194 g/mol. The van der Waals surface area contributed by atoms with Gasteiger partial charge in [0.2, 0.25) is 0 Å². The lowest BCUT2D eigenvalue weighted by molar-refractivity contribution is -0.113. The quantitative estimate of drug-likeness (QED) is 0.525. The highest BCUT2D eigenvalue weighted by atomic mass is 32.2. The highest BCUT2D eigenvalue weighted by Crippen LogP contribution is 2.28. The lowest BCUT2D eigenvalue weighted by Gasteiger charge is -2.27. The summed E-state index contributed by atoms with van der Waals surface area (Å²) < 4.78 is 32.4. The molecular weight excluding hydrogens is 183 g/mol. The predicted molar refractivity (Wildman–Crippen MR) is 42.9 cm³/mol. The van der Waals surface area contributed by atoms with Gasteiger partial charge in [-0.15, -0.1) is 0 Å². The number of halogens is 1. The van der Waals surface area contributed by atoms with E-state index < -0.39 is 28.4 Å². The minimum absolute atomic E-state index is 0.397. The number of carbonyl (C=O) groups excluding carboxylic acids is 1. The van der Waals surface area contributed by atoms with Crippen LogP contribution in [0.4, 0.5) is 4.39 Å². The first-order valence-electron chi connectivity index (χ1n) is 3.86. The number of aldehydes is 1. The Morgan fingerprint density at radius 1 is 1.50 bits per heavy atom. The Kier molecular flexibility index (Phi) is 3.34. The van der Waals surface area contributed by atoms with Gasteiger partial charge in [-0.25, -0.2) is 8.60 Å². The van der Waals surface area contributed by atoms with Gasteiger partial charge in [0, 0.05) is 5.92 Å². The standard InChI is InChI=1S/C7H11FO3S/c8-7-5(4-9)2-1-3-6(7)12(10)11/h4-7H,1-3H2,(H,10,11). The van der Waals surface area contributed by atoms with Crippen LogP contribution in [0.1, 0.15) is 19.3 Å². The second-order valence-corrected chi connectivity index (χ2v) is 4.15. The zero-order chi connectivity index (χ0) is 9.14. The van der Waals surface area contributed by atoms with E-state index in [4.69, 9.17) is 4.55 Å². The van der Waals surface area contributed by atoms with Gasteiger partial charge in [0.1, 0.15) is 12.5 Å². The normalized spacial score (nSPS) is 39.0.